The SMILES string of the molecule is [C-]#[N+]/C(C#N)=c1/cc(OCCOC(=O)c2ccc(S(=O)(=O)O)cc2)/c(=C(\C#N)[N+]#[C-])cc1OCCOC(=O)c1ccc(S(=O)(=O)O)cc1. The van der Waals surface area contributed by atoms with Crippen molar-refractivity contribution in [2.24, 2.45) is 0 Å². The zero-order chi connectivity index (χ0) is 35.5. The third kappa shape index (κ3) is 9.37. The maximum Gasteiger partial charge on any atom is 0.338 e. The molecule has 48 heavy (non-hydrogen) atoms. The van der Waals surface area contributed by atoms with Gasteiger partial charge in [-0.1, -0.05) is 0 Å². The van der Waals surface area contributed by atoms with Crippen LogP contribution in [-0.2, 0) is 29.7 Å². The van der Waals surface area contributed by atoms with Crippen LogP contribution in [0.4, 0.5) is 0 Å². The second kappa shape index (κ2) is 15.8. The molecule has 0 unspecified atom stereocenters. The van der Waals surface area contributed by atoms with Crippen molar-refractivity contribution < 1.29 is 54.5 Å². The van der Waals surface area contributed by atoms with Crippen LogP contribution in [0.2, 0.25) is 0 Å². The van der Waals surface area contributed by atoms with Crippen LogP contribution >= 0.6 is 0 Å². The molecule has 0 aliphatic carbocycles. The van der Waals surface area contributed by atoms with Gasteiger partial charge in [-0.05, 0) is 60.7 Å². The summed E-state index contributed by atoms with van der Waals surface area (Å²) < 4.78 is 84.3. The second-order valence-corrected chi connectivity index (χ2v) is 11.8. The minimum absolute atomic E-state index is 0.0361. The standard InChI is InChI=1S/C30H20N4O12S2/c1-33-25(17-31)23-15-28(44-12-14-46-30(36)20-5-9-22(10-6-20)48(40,41)42)24(26(18-32)34-2)16-27(23)43-11-13-45-29(35)19-3-7-21(8-4-19)47(37,38)39/h3-10,15-16H,11-14H2,(H,37,38,39)(H,40,41,42)/b25-23-,26-24+. The van der Waals surface area contributed by atoms with Crippen LogP contribution in [0.5, 0.6) is 11.5 Å². The van der Waals surface area contributed by atoms with E-state index in [0.717, 1.165) is 48.5 Å². The summed E-state index contributed by atoms with van der Waals surface area (Å²) in [5, 5.41) is 18.8. The van der Waals surface area contributed by atoms with Gasteiger partial charge in [0.15, 0.2) is 0 Å². The predicted molar refractivity (Wildman–Crippen MR) is 161 cm³/mol. The summed E-state index contributed by atoms with van der Waals surface area (Å²) in [6, 6.07) is 14.2. The highest BCUT2D eigenvalue weighted by Crippen LogP contribution is 2.15. The van der Waals surface area contributed by atoms with Crippen molar-refractivity contribution in [1.29, 1.82) is 10.5 Å². The Balaban J connectivity index is 1.78. The number of hydrogen-bond donors (Lipinski definition) is 2. The number of rotatable bonds is 12. The van der Waals surface area contributed by atoms with Gasteiger partial charge in [0.05, 0.1) is 46.2 Å². The number of nitrogens with zero attached hydrogens (tertiary/aromatic N) is 4. The quantitative estimate of drug-likeness (QED) is 0.119. The van der Waals surface area contributed by atoms with Gasteiger partial charge in [-0.15, -0.1) is 0 Å². The molecule has 0 bridgehead atoms. The van der Waals surface area contributed by atoms with E-state index in [2.05, 4.69) is 9.69 Å². The summed E-state index contributed by atoms with van der Waals surface area (Å²) in [6.45, 7) is 13.3. The Morgan fingerprint density at radius 2 is 0.979 bits per heavy atom. The van der Waals surface area contributed by atoms with Crippen LogP contribution in [0, 0.1) is 35.8 Å². The number of hydrogen-bond acceptors (Lipinski definition) is 12. The molecule has 0 heterocycles. The van der Waals surface area contributed by atoms with E-state index in [0.29, 0.717) is 0 Å². The largest absolute Gasteiger partial charge is 0.491 e. The number of ether oxygens (including phenoxy) is 4. The first-order valence-electron chi connectivity index (χ1n) is 13.0. The van der Waals surface area contributed by atoms with Crippen molar-refractivity contribution in [3.63, 3.8) is 0 Å². The smallest absolute Gasteiger partial charge is 0.338 e. The molecule has 0 aliphatic rings. The third-order valence-corrected chi connectivity index (χ3v) is 7.69. The number of carbonyl (C=O) groups is 2. The molecule has 0 atom stereocenters. The molecule has 0 aromatic heterocycles. The molecule has 0 fully saturated rings. The van der Waals surface area contributed by atoms with Gasteiger partial charge >= 0.3 is 11.9 Å². The van der Waals surface area contributed by atoms with E-state index in [-0.39, 0.29) is 59.5 Å². The van der Waals surface area contributed by atoms with E-state index in [9.17, 15) is 36.9 Å². The van der Waals surface area contributed by atoms with Crippen molar-refractivity contribution in [2.45, 2.75) is 9.79 Å². The van der Waals surface area contributed by atoms with Crippen LogP contribution in [-0.4, -0.2) is 64.3 Å². The van der Waals surface area contributed by atoms with E-state index >= 15 is 0 Å². The van der Waals surface area contributed by atoms with Gasteiger partial charge in [-0.2, -0.15) is 16.8 Å². The van der Waals surface area contributed by atoms with Crippen LogP contribution in [0.15, 0.2) is 70.5 Å². The molecule has 0 saturated heterocycles. The van der Waals surface area contributed by atoms with Crippen molar-refractivity contribution in [3.8, 4) is 23.6 Å². The molecule has 3 aromatic carbocycles. The van der Waals surface area contributed by atoms with E-state index in [1.165, 1.54) is 12.1 Å². The Labute approximate surface area is 273 Å². The summed E-state index contributed by atoms with van der Waals surface area (Å²) in [4.78, 5) is 30.1. The van der Waals surface area contributed by atoms with E-state index in [1.54, 1.807) is 12.1 Å². The molecule has 0 radical (unpaired) electrons. The average molecular weight is 693 g/mol. The van der Waals surface area contributed by atoms with Gasteiger partial charge in [0, 0.05) is 10.4 Å². The Bertz CT molecular complexity index is 2060. The van der Waals surface area contributed by atoms with Gasteiger partial charge in [0.2, 0.25) is 0 Å². The Kier molecular flexibility index (Phi) is 11.9. The first kappa shape index (κ1) is 36.2. The summed E-state index contributed by atoms with van der Waals surface area (Å²) in [5.74, 6) is -2.01. The lowest BCUT2D eigenvalue weighted by atomic mass is 10.1. The Morgan fingerprint density at radius 1 is 0.646 bits per heavy atom. The molecular formula is C30H20N4O12S2. The summed E-state index contributed by atoms with van der Waals surface area (Å²) in [6.07, 6.45) is 0. The monoisotopic (exact) mass is 692 g/mol. The Hall–Kier alpha value is -6.28. The molecule has 0 aliphatic heterocycles. The fraction of sp³-hybridized carbons (Fsp3) is 0.133. The van der Waals surface area contributed by atoms with E-state index in [4.69, 9.17) is 41.2 Å². The molecular weight excluding hydrogens is 672 g/mol. The second-order valence-electron chi connectivity index (χ2n) is 8.96. The first-order chi connectivity index (χ1) is 22.7. The molecule has 0 spiro atoms. The lowest BCUT2D eigenvalue weighted by molar-refractivity contribution is 0.0439. The minimum Gasteiger partial charge on any atom is -0.491 e. The van der Waals surface area contributed by atoms with Crippen molar-refractivity contribution in [1.82, 2.24) is 0 Å². The van der Waals surface area contributed by atoms with Crippen molar-refractivity contribution >= 4 is 43.6 Å². The fourth-order valence-electron chi connectivity index (χ4n) is 3.72. The average Bonchev–Trinajstić information content (AvgIpc) is 3.06. The van der Waals surface area contributed by atoms with Crippen LogP contribution < -0.4 is 19.9 Å². The summed E-state index contributed by atoms with van der Waals surface area (Å²) in [7, 11) is -8.93. The predicted octanol–water partition coefficient (Wildman–Crippen LogP) is 1.75. The maximum absolute atomic E-state index is 12.3. The lowest BCUT2D eigenvalue weighted by Crippen LogP contribution is -2.23. The van der Waals surface area contributed by atoms with Gasteiger partial charge in [-0.25, -0.2) is 29.8 Å². The number of carbonyl (C=O) groups excluding carboxylic acids is 2. The molecule has 18 heteroatoms. The normalized spacial score (nSPS) is 12.1. The Morgan fingerprint density at radius 3 is 1.25 bits per heavy atom. The highest BCUT2D eigenvalue weighted by Gasteiger charge is 2.16. The van der Waals surface area contributed by atoms with Crippen LogP contribution in [0.25, 0.3) is 21.1 Å². The fourth-order valence-corrected chi connectivity index (χ4v) is 4.68. The highest BCUT2D eigenvalue weighted by molar-refractivity contribution is 7.86. The molecule has 3 rings (SSSR count). The lowest BCUT2D eigenvalue weighted by Gasteiger charge is -2.13. The summed E-state index contributed by atoms with van der Waals surface area (Å²) in [5.41, 5.74) is -0.992. The molecule has 0 saturated carbocycles. The highest BCUT2D eigenvalue weighted by atomic mass is 32.2. The zero-order valence-corrected chi connectivity index (χ0v) is 25.8. The first-order valence-corrected chi connectivity index (χ1v) is 15.8. The van der Waals surface area contributed by atoms with Gasteiger partial charge < -0.3 is 18.9 Å². The topological polar surface area (TPSA) is 236 Å². The number of esters is 2. The molecule has 16 nitrogen and oxygen atoms in total. The molecule has 0 amide bonds. The van der Waals surface area contributed by atoms with E-state index < -0.39 is 53.4 Å². The van der Waals surface area contributed by atoms with E-state index in [1.807, 2.05) is 0 Å². The van der Waals surface area contributed by atoms with Crippen molar-refractivity contribution in [3.05, 3.63) is 105 Å². The van der Waals surface area contributed by atoms with Gasteiger partial charge in [-0.3, -0.25) is 9.11 Å². The third-order valence-electron chi connectivity index (χ3n) is 5.95. The zero-order valence-electron chi connectivity index (χ0n) is 24.2. The summed E-state index contributed by atoms with van der Waals surface area (Å²) >= 11 is 0. The molecule has 2 N–H and O–H groups in total. The number of benzene rings is 3. The van der Waals surface area contributed by atoms with Crippen molar-refractivity contribution in [2.75, 3.05) is 26.4 Å². The van der Waals surface area contributed by atoms with Gasteiger partial charge in [0.25, 0.3) is 31.6 Å². The molecule has 244 valence electrons. The molecule has 3 aromatic rings. The van der Waals surface area contributed by atoms with Crippen LogP contribution in [0.1, 0.15) is 20.7 Å². The number of nitriles is 2. The van der Waals surface area contributed by atoms with Crippen LogP contribution in [0.3, 0.4) is 0 Å². The van der Waals surface area contributed by atoms with Gasteiger partial charge in [0.1, 0.15) is 37.9 Å². The maximum atomic E-state index is 12.3. The minimum atomic E-state index is -4.46.